The maximum atomic E-state index is 12.8. The molecule has 0 saturated heterocycles. The number of aromatic nitrogens is 1. The van der Waals surface area contributed by atoms with E-state index in [2.05, 4.69) is 10.3 Å². The molecule has 0 aliphatic heterocycles. The van der Waals surface area contributed by atoms with Gasteiger partial charge in [0.1, 0.15) is 11.4 Å². The molecular formula is C22H22N2O4. The number of methoxy groups -OCH3 is 1. The van der Waals surface area contributed by atoms with Crippen molar-refractivity contribution in [2.75, 3.05) is 12.4 Å². The molecule has 3 rings (SSSR count). The van der Waals surface area contributed by atoms with E-state index in [9.17, 15) is 9.59 Å². The van der Waals surface area contributed by atoms with Crippen LogP contribution in [0.3, 0.4) is 0 Å². The van der Waals surface area contributed by atoms with Gasteiger partial charge in [0.2, 0.25) is 0 Å². The zero-order valence-electron chi connectivity index (χ0n) is 16.3. The number of hydrogen-bond donors (Lipinski definition) is 2. The summed E-state index contributed by atoms with van der Waals surface area (Å²) >= 11 is 0. The minimum Gasteiger partial charge on any atom is -0.465 e. The Hall–Kier alpha value is -3.54. The summed E-state index contributed by atoms with van der Waals surface area (Å²) in [5.74, 6) is 0.363. The van der Waals surface area contributed by atoms with Crippen LogP contribution in [-0.4, -0.2) is 24.0 Å². The number of nitrogens with one attached hydrogen (secondary N) is 2. The van der Waals surface area contributed by atoms with E-state index in [1.165, 1.54) is 7.11 Å². The number of aryl methyl sites for hydroxylation is 2. The third-order valence-electron chi connectivity index (χ3n) is 4.41. The highest BCUT2D eigenvalue weighted by Gasteiger charge is 2.23. The minimum atomic E-state index is -0.478. The lowest BCUT2D eigenvalue weighted by atomic mass is 10.1. The van der Waals surface area contributed by atoms with Gasteiger partial charge in [-0.25, -0.2) is 4.79 Å². The van der Waals surface area contributed by atoms with Crippen LogP contribution >= 0.6 is 0 Å². The molecule has 2 aromatic carbocycles. The van der Waals surface area contributed by atoms with Crippen LogP contribution in [-0.2, 0) is 4.74 Å². The molecule has 0 saturated carbocycles. The Labute approximate surface area is 163 Å². The second-order valence-corrected chi connectivity index (χ2v) is 6.49. The number of hydrogen-bond acceptors (Lipinski definition) is 4. The maximum Gasteiger partial charge on any atom is 0.339 e. The summed E-state index contributed by atoms with van der Waals surface area (Å²) in [6.45, 7) is 5.42. The summed E-state index contributed by atoms with van der Waals surface area (Å²) in [6.07, 6.45) is 0. The Morgan fingerprint density at radius 1 is 1.00 bits per heavy atom. The number of ether oxygens (including phenoxy) is 2. The van der Waals surface area contributed by atoms with E-state index in [0.717, 1.165) is 5.56 Å². The molecule has 144 valence electrons. The van der Waals surface area contributed by atoms with E-state index in [1.807, 2.05) is 43.3 Å². The zero-order chi connectivity index (χ0) is 20.3. The standard InChI is InChI=1S/C22H22N2O4/c1-13-8-7-9-16(12-13)28-18-11-6-5-10-17(18)24-21(25)20-14(2)19(15(3)23-20)22(26)27-4/h5-12,23H,1-4H3,(H,24,25). The third-order valence-corrected chi connectivity index (χ3v) is 4.41. The first-order valence-corrected chi connectivity index (χ1v) is 8.83. The van der Waals surface area contributed by atoms with Gasteiger partial charge in [-0.3, -0.25) is 4.79 Å². The monoisotopic (exact) mass is 378 g/mol. The molecule has 3 aromatic rings. The number of H-pyrrole nitrogens is 1. The molecular weight excluding hydrogens is 356 g/mol. The number of anilines is 1. The molecule has 0 fully saturated rings. The summed E-state index contributed by atoms with van der Waals surface area (Å²) in [6, 6.07) is 14.8. The van der Waals surface area contributed by atoms with Crippen LogP contribution in [0.2, 0.25) is 0 Å². The van der Waals surface area contributed by atoms with Gasteiger partial charge in [-0.15, -0.1) is 0 Å². The predicted octanol–water partition coefficient (Wildman–Crippen LogP) is 4.77. The van der Waals surface area contributed by atoms with Crippen molar-refractivity contribution in [2.45, 2.75) is 20.8 Å². The fraction of sp³-hybridized carbons (Fsp3) is 0.182. The van der Waals surface area contributed by atoms with Crippen LogP contribution in [0.4, 0.5) is 5.69 Å². The molecule has 0 aliphatic carbocycles. The summed E-state index contributed by atoms with van der Waals surface area (Å²) in [5.41, 5.74) is 3.41. The Morgan fingerprint density at radius 3 is 2.46 bits per heavy atom. The van der Waals surface area contributed by atoms with Crippen LogP contribution in [0.25, 0.3) is 0 Å². The minimum absolute atomic E-state index is 0.309. The lowest BCUT2D eigenvalue weighted by Crippen LogP contribution is -2.14. The fourth-order valence-corrected chi connectivity index (χ4v) is 3.03. The first-order valence-electron chi connectivity index (χ1n) is 8.83. The van der Waals surface area contributed by atoms with Crippen molar-refractivity contribution >= 4 is 17.6 Å². The molecule has 2 N–H and O–H groups in total. The van der Waals surface area contributed by atoms with Gasteiger partial charge in [0.05, 0.1) is 18.4 Å². The van der Waals surface area contributed by atoms with Gasteiger partial charge in [0, 0.05) is 5.69 Å². The van der Waals surface area contributed by atoms with Crippen LogP contribution < -0.4 is 10.1 Å². The van der Waals surface area contributed by atoms with Crippen molar-refractivity contribution < 1.29 is 19.1 Å². The van der Waals surface area contributed by atoms with Crippen molar-refractivity contribution in [3.05, 3.63) is 76.6 Å². The highest BCUT2D eigenvalue weighted by atomic mass is 16.5. The molecule has 1 amide bonds. The Kier molecular flexibility index (Phi) is 5.49. The van der Waals surface area contributed by atoms with E-state index < -0.39 is 5.97 Å². The highest BCUT2D eigenvalue weighted by Crippen LogP contribution is 2.30. The smallest absolute Gasteiger partial charge is 0.339 e. The zero-order valence-corrected chi connectivity index (χ0v) is 16.3. The molecule has 28 heavy (non-hydrogen) atoms. The van der Waals surface area contributed by atoms with Crippen molar-refractivity contribution in [3.63, 3.8) is 0 Å². The van der Waals surface area contributed by atoms with Gasteiger partial charge in [0.15, 0.2) is 5.75 Å². The second kappa shape index (κ2) is 8.00. The lowest BCUT2D eigenvalue weighted by Gasteiger charge is -2.12. The molecule has 1 heterocycles. The fourth-order valence-electron chi connectivity index (χ4n) is 3.03. The average molecular weight is 378 g/mol. The van der Waals surface area contributed by atoms with Gasteiger partial charge in [-0.2, -0.15) is 0 Å². The van der Waals surface area contributed by atoms with Crippen LogP contribution in [0.15, 0.2) is 48.5 Å². The van der Waals surface area contributed by atoms with Crippen LogP contribution in [0, 0.1) is 20.8 Å². The largest absolute Gasteiger partial charge is 0.465 e. The normalized spacial score (nSPS) is 10.4. The topological polar surface area (TPSA) is 80.4 Å². The molecule has 0 aliphatic rings. The summed E-state index contributed by atoms with van der Waals surface area (Å²) < 4.78 is 10.7. The van der Waals surface area contributed by atoms with Gasteiger partial charge >= 0.3 is 5.97 Å². The van der Waals surface area contributed by atoms with Gasteiger partial charge in [0.25, 0.3) is 5.91 Å². The molecule has 0 radical (unpaired) electrons. The first-order chi connectivity index (χ1) is 13.4. The number of para-hydroxylation sites is 2. The van der Waals surface area contributed by atoms with Gasteiger partial charge in [-0.1, -0.05) is 24.3 Å². The van der Waals surface area contributed by atoms with Crippen molar-refractivity contribution in [2.24, 2.45) is 0 Å². The third kappa shape index (κ3) is 3.91. The van der Waals surface area contributed by atoms with Gasteiger partial charge < -0.3 is 19.8 Å². The average Bonchev–Trinajstić information content (AvgIpc) is 2.97. The molecule has 1 aromatic heterocycles. The van der Waals surface area contributed by atoms with Gasteiger partial charge in [-0.05, 0) is 56.2 Å². The van der Waals surface area contributed by atoms with Crippen molar-refractivity contribution in [1.29, 1.82) is 0 Å². The Balaban J connectivity index is 1.87. The molecule has 0 bridgehead atoms. The van der Waals surface area contributed by atoms with E-state index in [1.54, 1.807) is 26.0 Å². The quantitative estimate of drug-likeness (QED) is 0.627. The lowest BCUT2D eigenvalue weighted by molar-refractivity contribution is 0.0599. The Bertz CT molecular complexity index is 1040. The van der Waals surface area contributed by atoms with Crippen LogP contribution in [0.5, 0.6) is 11.5 Å². The maximum absolute atomic E-state index is 12.8. The predicted molar refractivity (Wildman–Crippen MR) is 107 cm³/mol. The Morgan fingerprint density at radius 2 is 1.75 bits per heavy atom. The number of aromatic amines is 1. The summed E-state index contributed by atoms with van der Waals surface area (Å²) in [5, 5.41) is 2.85. The SMILES string of the molecule is COC(=O)c1c(C)[nH]c(C(=O)Nc2ccccc2Oc2cccc(C)c2)c1C. The molecule has 6 heteroatoms. The molecule has 6 nitrogen and oxygen atoms in total. The van der Waals surface area contributed by atoms with Crippen LogP contribution in [0.1, 0.15) is 37.7 Å². The van der Waals surface area contributed by atoms with E-state index in [-0.39, 0.29) is 5.91 Å². The highest BCUT2D eigenvalue weighted by molar-refractivity contribution is 6.07. The number of rotatable bonds is 5. The summed E-state index contributed by atoms with van der Waals surface area (Å²) in [7, 11) is 1.31. The van der Waals surface area contributed by atoms with E-state index in [0.29, 0.717) is 39.7 Å². The van der Waals surface area contributed by atoms with E-state index in [4.69, 9.17) is 9.47 Å². The number of carbonyl (C=O) groups excluding carboxylic acids is 2. The summed E-state index contributed by atoms with van der Waals surface area (Å²) in [4.78, 5) is 27.7. The molecule has 0 atom stereocenters. The molecule has 0 unspecified atom stereocenters. The number of amides is 1. The van der Waals surface area contributed by atoms with Crippen molar-refractivity contribution in [1.82, 2.24) is 4.98 Å². The number of benzene rings is 2. The molecule has 0 spiro atoms. The number of esters is 1. The second-order valence-electron chi connectivity index (χ2n) is 6.49. The number of carbonyl (C=O) groups is 2. The van der Waals surface area contributed by atoms with E-state index >= 15 is 0 Å². The van der Waals surface area contributed by atoms with Crippen molar-refractivity contribution in [3.8, 4) is 11.5 Å². The first kappa shape index (κ1) is 19.2.